The van der Waals surface area contributed by atoms with Gasteiger partial charge >= 0.3 is 0 Å². The first-order chi connectivity index (χ1) is 9.87. The smallest absolute Gasteiger partial charge is 0.238 e. The summed E-state index contributed by atoms with van der Waals surface area (Å²) >= 11 is 10.7. The van der Waals surface area contributed by atoms with E-state index in [1.165, 1.54) is 6.20 Å². The van der Waals surface area contributed by atoms with Gasteiger partial charge in [-0.3, -0.25) is 4.72 Å². The summed E-state index contributed by atoms with van der Waals surface area (Å²) in [6.07, 6.45) is 1.46. The average Bonchev–Trinajstić information content (AvgIpc) is 2.41. The number of pyridine rings is 1. The van der Waals surface area contributed by atoms with Gasteiger partial charge in [-0.15, -0.1) is 0 Å². The standard InChI is InChI=1S/C13H12ClN3O2S2/c14-11-5-2-6-16-13(11)17-21(18,19)8-9-3-1-4-10(7-9)12(15)20/h1-7H,8H2,(H2,15,20)(H,16,17). The van der Waals surface area contributed by atoms with Gasteiger partial charge in [-0.25, -0.2) is 13.4 Å². The number of nitrogens with one attached hydrogen (secondary N) is 1. The lowest BCUT2D eigenvalue weighted by atomic mass is 10.1. The largest absolute Gasteiger partial charge is 0.389 e. The number of thiocarbonyl (C=S) groups is 1. The van der Waals surface area contributed by atoms with E-state index >= 15 is 0 Å². The lowest BCUT2D eigenvalue weighted by Gasteiger charge is -2.09. The highest BCUT2D eigenvalue weighted by atomic mass is 35.5. The fourth-order valence-corrected chi connectivity index (χ4v) is 3.18. The minimum atomic E-state index is -3.63. The van der Waals surface area contributed by atoms with Crippen LogP contribution in [0.4, 0.5) is 5.82 Å². The third-order valence-electron chi connectivity index (χ3n) is 2.58. The second-order valence-corrected chi connectivity index (χ2v) is 6.83. The molecular formula is C13H12ClN3O2S2. The van der Waals surface area contributed by atoms with Gasteiger partial charge in [0.1, 0.15) is 4.99 Å². The summed E-state index contributed by atoms with van der Waals surface area (Å²) < 4.78 is 26.6. The monoisotopic (exact) mass is 341 g/mol. The zero-order chi connectivity index (χ0) is 15.5. The van der Waals surface area contributed by atoms with Crippen molar-refractivity contribution in [2.24, 2.45) is 5.73 Å². The van der Waals surface area contributed by atoms with E-state index in [9.17, 15) is 8.42 Å². The molecule has 1 aromatic carbocycles. The number of hydrogen-bond donors (Lipinski definition) is 2. The molecule has 0 saturated carbocycles. The van der Waals surface area contributed by atoms with Crippen molar-refractivity contribution in [1.29, 1.82) is 0 Å². The van der Waals surface area contributed by atoms with E-state index in [0.29, 0.717) is 11.1 Å². The number of anilines is 1. The van der Waals surface area contributed by atoms with E-state index in [1.807, 2.05) is 0 Å². The van der Waals surface area contributed by atoms with Crippen molar-refractivity contribution < 1.29 is 8.42 Å². The lowest BCUT2D eigenvalue weighted by molar-refractivity contribution is 0.600. The second-order valence-electron chi connectivity index (χ2n) is 4.26. The quantitative estimate of drug-likeness (QED) is 0.815. The Bertz CT molecular complexity index is 778. The predicted octanol–water partition coefficient (Wildman–Crippen LogP) is 2.31. The van der Waals surface area contributed by atoms with E-state index in [-0.39, 0.29) is 21.6 Å². The molecular weight excluding hydrogens is 330 g/mol. The van der Waals surface area contributed by atoms with Crippen molar-refractivity contribution in [3.63, 3.8) is 0 Å². The first kappa shape index (κ1) is 15.7. The summed E-state index contributed by atoms with van der Waals surface area (Å²) in [6.45, 7) is 0. The first-order valence-corrected chi connectivity index (χ1v) is 8.31. The Kier molecular flexibility index (Phi) is 4.76. The number of rotatable bonds is 5. The van der Waals surface area contributed by atoms with Gasteiger partial charge in [0.15, 0.2) is 5.82 Å². The van der Waals surface area contributed by atoms with Gasteiger partial charge < -0.3 is 5.73 Å². The summed E-state index contributed by atoms with van der Waals surface area (Å²) in [4.78, 5) is 4.11. The molecule has 21 heavy (non-hydrogen) atoms. The zero-order valence-corrected chi connectivity index (χ0v) is 13.2. The minimum Gasteiger partial charge on any atom is -0.389 e. The predicted molar refractivity (Wildman–Crippen MR) is 87.8 cm³/mol. The SMILES string of the molecule is NC(=S)c1cccc(CS(=O)(=O)Nc2ncccc2Cl)c1. The molecule has 0 fully saturated rings. The third kappa shape index (κ3) is 4.38. The summed E-state index contributed by atoms with van der Waals surface area (Å²) in [7, 11) is -3.63. The lowest BCUT2D eigenvalue weighted by Crippen LogP contribution is -2.17. The van der Waals surface area contributed by atoms with Crippen LogP contribution < -0.4 is 10.5 Å². The number of sulfonamides is 1. The summed E-state index contributed by atoms with van der Waals surface area (Å²) in [6, 6.07) is 9.92. The van der Waals surface area contributed by atoms with E-state index in [1.54, 1.807) is 36.4 Å². The highest BCUT2D eigenvalue weighted by molar-refractivity contribution is 7.91. The average molecular weight is 342 g/mol. The molecule has 2 rings (SSSR count). The molecule has 0 bridgehead atoms. The molecule has 1 aromatic heterocycles. The molecule has 0 spiro atoms. The van der Waals surface area contributed by atoms with Crippen molar-refractivity contribution in [1.82, 2.24) is 4.98 Å². The van der Waals surface area contributed by atoms with Gasteiger partial charge in [-0.2, -0.15) is 0 Å². The van der Waals surface area contributed by atoms with Crippen LogP contribution in [0.25, 0.3) is 0 Å². The molecule has 3 N–H and O–H groups in total. The Labute approximate surface area is 133 Å². The van der Waals surface area contributed by atoms with Gasteiger partial charge in [0.2, 0.25) is 10.0 Å². The van der Waals surface area contributed by atoms with Gasteiger partial charge in [0, 0.05) is 11.8 Å². The van der Waals surface area contributed by atoms with Crippen LogP contribution in [0.5, 0.6) is 0 Å². The molecule has 1 heterocycles. The topological polar surface area (TPSA) is 85.1 Å². The van der Waals surface area contributed by atoms with Crippen LogP contribution >= 0.6 is 23.8 Å². The fraction of sp³-hybridized carbons (Fsp3) is 0.0769. The zero-order valence-electron chi connectivity index (χ0n) is 10.8. The van der Waals surface area contributed by atoms with E-state index in [2.05, 4.69) is 9.71 Å². The molecule has 2 aromatic rings. The fourth-order valence-electron chi connectivity index (χ4n) is 1.68. The maximum absolute atomic E-state index is 12.1. The molecule has 0 aliphatic rings. The number of nitrogens with two attached hydrogens (primary N) is 1. The van der Waals surface area contributed by atoms with Crippen LogP contribution in [-0.4, -0.2) is 18.4 Å². The molecule has 0 radical (unpaired) electrons. The van der Waals surface area contributed by atoms with E-state index in [0.717, 1.165) is 0 Å². The Hall–Kier alpha value is -1.70. The summed E-state index contributed by atoms with van der Waals surface area (Å²) in [5.74, 6) is -0.124. The highest BCUT2D eigenvalue weighted by Gasteiger charge is 2.14. The maximum Gasteiger partial charge on any atom is 0.238 e. The second kappa shape index (κ2) is 6.38. The van der Waals surface area contributed by atoms with Crippen LogP contribution in [-0.2, 0) is 15.8 Å². The highest BCUT2D eigenvalue weighted by Crippen LogP contribution is 2.20. The Morgan fingerprint density at radius 2 is 2.10 bits per heavy atom. The van der Waals surface area contributed by atoms with Gasteiger partial charge in [0.25, 0.3) is 0 Å². The Morgan fingerprint density at radius 1 is 1.33 bits per heavy atom. The molecule has 0 amide bonds. The van der Waals surface area contributed by atoms with Gasteiger partial charge in [-0.05, 0) is 23.8 Å². The number of aromatic nitrogens is 1. The molecule has 110 valence electrons. The Morgan fingerprint density at radius 3 is 2.76 bits per heavy atom. The summed E-state index contributed by atoms with van der Waals surface area (Å²) in [5, 5.41) is 0.234. The van der Waals surface area contributed by atoms with Crippen LogP contribution in [0.15, 0.2) is 42.6 Å². The van der Waals surface area contributed by atoms with Crippen LogP contribution in [0.3, 0.4) is 0 Å². The van der Waals surface area contributed by atoms with Gasteiger partial charge in [0.05, 0.1) is 10.8 Å². The molecule has 0 saturated heterocycles. The van der Waals surface area contributed by atoms with Gasteiger partial charge in [-0.1, -0.05) is 42.0 Å². The van der Waals surface area contributed by atoms with Crippen LogP contribution in [0.2, 0.25) is 5.02 Å². The number of hydrogen-bond acceptors (Lipinski definition) is 4. The molecule has 0 atom stereocenters. The molecule has 0 unspecified atom stereocenters. The number of nitrogens with zero attached hydrogens (tertiary/aromatic N) is 1. The minimum absolute atomic E-state index is 0.102. The van der Waals surface area contributed by atoms with Crippen molar-refractivity contribution in [3.05, 3.63) is 58.7 Å². The third-order valence-corrected chi connectivity index (χ3v) is 4.34. The normalized spacial score (nSPS) is 11.1. The first-order valence-electron chi connectivity index (χ1n) is 5.87. The molecule has 5 nitrogen and oxygen atoms in total. The van der Waals surface area contributed by atoms with Crippen molar-refractivity contribution in [3.8, 4) is 0 Å². The Balaban J connectivity index is 2.20. The van der Waals surface area contributed by atoms with Crippen LogP contribution in [0.1, 0.15) is 11.1 Å². The van der Waals surface area contributed by atoms with Crippen molar-refractivity contribution in [2.45, 2.75) is 5.75 Å². The molecule has 0 aliphatic heterocycles. The molecule has 0 aliphatic carbocycles. The number of halogens is 1. The van der Waals surface area contributed by atoms with Crippen molar-refractivity contribution >= 4 is 44.6 Å². The van der Waals surface area contributed by atoms with Crippen molar-refractivity contribution in [2.75, 3.05) is 4.72 Å². The summed E-state index contributed by atoms with van der Waals surface area (Å²) in [5.41, 5.74) is 6.72. The van der Waals surface area contributed by atoms with E-state index in [4.69, 9.17) is 29.6 Å². The number of benzene rings is 1. The van der Waals surface area contributed by atoms with Crippen LogP contribution in [0, 0.1) is 0 Å². The molecule has 8 heteroatoms. The van der Waals surface area contributed by atoms with E-state index < -0.39 is 10.0 Å². The maximum atomic E-state index is 12.1.